The summed E-state index contributed by atoms with van der Waals surface area (Å²) < 4.78 is 1.93. The first-order valence-electron chi connectivity index (χ1n) is 3.14. The van der Waals surface area contributed by atoms with Gasteiger partial charge in [-0.2, -0.15) is 0 Å². The highest BCUT2D eigenvalue weighted by Gasteiger charge is 1.89. The van der Waals surface area contributed by atoms with E-state index in [4.69, 9.17) is 5.73 Å². The van der Waals surface area contributed by atoms with Gasteiger partial charge in [0, 0.05) is 17.9 Å². The molecular formula is C8H7N2. The standard InChI is InChI=1S/C8H7N2/c9-7-3-4-8-2-1-5-10(8)6-7/h1-6,9H. The summed E-state index contributed by atoms with van der Waals surface area (Å²) in [5, 5.41) is 0. The number of aromatic nitrogens is 1. The molecule has 49 valence electrons. The Morgan fingerprint density at radius 3 is 3.00 bits per heavy atom. The molecule has 0 aliphatic carbocycles. The number of nitrogens with zero attached hydrogens (tertiary/aromatic N) is 1. The van der Waals surface area contributed by atoms with Crippen molar-refractivity contribution >= 4 is 11.2 Å². The fraction of sp³-hybridized carbons (Fsp3) is 0. The van der Waals surface area contributed by atoms with E-state index in [9.17, 15) is 0 Å². The number of hydrogen-bond acceptors (Lipinski definition) is 0. The molecule has 10 heavy (non-hydrogen) atoms. The van der Waals surface area contributed by atoms with E-state index in [0.29, 0.717) is 5.69 Å². The number of pyridine rings is 1. The van der Waals surface area contributed by atoms with Crippen LogP contribution in [0.5, 0.6) is 0 Å². The molecule has 0 aliphatic heterocycles. The Kier molecular flexibility index (Phi) is 0.947. The molecule has 2 nitrogen and oxygen atoms in total. The van der Waals surface area contributed by atoms with Crippen molar-refractivity contribution in [2.45, 2.75) is 0 Å². The summed E-state index contributed by atoms with van der Waals surface area (Å²) in [5.41, 5.74) is 8.98. The Hall–Kier alpha value is -1.44. The van der Waals surface area contributed by atoms with Crippen LogP contribution in [0, 0.1) is 0 Å². The van der Waals surface area contributed by atoms with Crippen molar-refractivity contribution < 1.29 is 0 Å². The highest BCUT2D eigenvalue weighted by Crippen LogP contribution is 2.08. The van der Waals surface area contributed by atoms with Crippen molar-refractivity contribution in [2.24, 2.45) is 0 Å². The fourth-order valence-corrected chi connectivity index (χ4v) is 1.03. The molecule has 0 unspecified atom stereocenters. The molecule has 0 saturated heterocycles. The molecule has 2 aromatic heterocycles. The van der Waals surface area contributed by atoms with Gasteiger partial charge >= 0.3 is 0 Å². The monoisotopic (exact) mass is 131 g/mol. The maximum atomic E-state index is 7.30. The number of hydrogen-bond donors (Lipinski definition) is 0. The van der Waals surface area contributed by atoms with Gasteiger partial charge in [-0.15, -0.1) is 0 Å². The van der Waals surface area contributed by atoms with E-state index < -0.39 is 0 Å². The average molecular weight is 131 g/mol. The summed E-state index contributed by atoms with van der Waals surface area (Å²) in [5.74, 6) is 0. The van der Waals surface area contributed by atoms with Crippen LogP contribution in [0.15, 0.2) is 36.7 Å². The highest BCUT2D eigenvalue weighted by molar-refractivity contribution is 5.51. The van der Waals surface area contributed by atoms with Crippen LogP contribution in [0.25, 0.3) is 5.52 Å². The molecule has 1 N–H and O–H groups in total. The second kappa shape index (κ2) is 1.77. The lowest BCUT2D eigenvalue weighted by molar-refractivity contribution is 1.19. The lowest BCUT2D eigenvalue weighted by Gasteiger charge is -1.93. The molecule has 0 aromatic carbocycles. The highest BCUT2D eigenvalue weighted by atomic mass is 14.9. The molecule has 2 aromatic rings. The van der Waals surface area contributed by atoms with Gasteiger partial charge in [0.2, 0.25) is 0 Å². The second-order valence-electron chi connectivity index (χ2n) is 2.26. The SMILES string of the molecule is [NH]c1ccc2cccn2c1. The van der Waals surface area contributed by atoms with Gasteiger partial charge < -0.3 is 4.40 Å². The van der Waals surface area contributed by atoms with Gasteiger partial charge in [0.25, 0.3) is 0 Å². The molecule has 0 spiro atoms. The molecule has 0 atom stereocenters. The van der Waals surface area contributed by atoms with Gasteiger partial charge in [-0.1, -0.05) is 0 Å². The Morgan fingerprint density at radius 2 is 2.10 bits per heavy atom. The minimum Gasteiger partial charge on any atom is -0.322 e. The predicted octanol–water partition coefficient (Wildman–Crippen LogP) is 1.85. The lowest BCUT2D eigenvalue weighted by atomic mass is 10.4. The van der Waals surface area contributed by atoms with E-state index in [0.717, 1.165) is 5.52 Å². The topological polar surface area (TPSA) is 28.2 Å². The van der Waals surface area contributed by atoms with Crippen molar-refractivity contribution in [2.75, 3.05) is 0 Å². The van der Waals surface area contributed by atoms with Crippen molar-refractivity contribution in [1.82, 2.24) is 10.1 Å². The van der Waals surface area contributed by atoms with E-state index in [2.05, 4.69) is 0 Å². The predicted molar refractivity (Wildman–Crippen MR) is 40.2 cm³/mol. The molecular weight excluding hydrogens is 124 g/mol. The average Bonchev–Trinajstić information content (AvgIpc) is 2.33. The van der Waals surface area contributed by atoms with E-state index in [1.807, 2.05) is 28.8 Å². The second-order valence-corrected chi connectivity index (χ2v) is 2.26. The smallest absolute Gasteiger partial charge is 0.0706 e. The van der Waals surface area contributed by atoms with Crippen molar-refractivity contribution in [1.29, 1.82) is 0 Å². The van der Waals surface area contributed by atoms with Gasteiger partial charge in [0.15, 0.2) is 0 Å². The number of rotatable bonds is 0. The number of fused-ring (bicyclic) bond motifs is 1. The van der Waals surface area contributed by atoms with Crippen LogP contribution in [0.2, 0.25) is 0 Å². The van der Waals surface area contributed by atoms with Gasteiger partial charge in [0.05, 0.1) is 5.69 Å². The largest absolute Gasteiger partial charge is 0.322 e. The zero-order valence-corrected chi connectivity index (χ0v) is 5.41. The molecule has 0 bridgehead atoms. The van der Waals surface area contributed by atoms with Crippen LogP contribution < -0.4 is 5.73 Å². The summed E-state index contributed by atoms with van der Waals surface area (Å²) in [7, 11) is 0. The Labute approximate surface area is 58.9 Å². The Morgan fingerprint density at radius 1 is 1.20 bits per heavy atom. The normalized spacial score (nSPS) is 10.4. The minimum atomic E-state index is 0.545. The molecule has 2 heterocycles. The van der Waals surface area contributed by atoms with Gasteiger partial charge in [-0.05, 0) is 24.3 Å². The Bertz CT molecular complexity index is 349. The molecule has 1 radical (unpaired) electrons. The molecule has 0 amide bonds. The van der Waals surface area contributed by atoms with E-state index in [1.54, 1.807) is 12.3 Å². The third-order valence-corrected chi connectivity index (χ3v) is 1.52. The van der Waals surface area contributed by atoms with Crippen molar-refractivity contribution in [3.63, 3.8) is 0 Å². The van der Waals surface area contributed by atoms with Crippen LogP contribution in [0.3, 0.4) is 0 Å². The van der Waals surface area contributed by atoms with Crippen molar-refractivity contribution in [3.05, 3.63) is 36.7 Å². The summed E-state index contributed by atoms with van der Waals surface area (Å²) in [6, 6.07) is 7.70. The summed E-state index contributed by atoms with van der Waals surface area (Å²) in [6.45, 7) is 0. The zero-order valence-electron chi connectivity index (χ0n) is 5.41. The van der Waals surface area contributed by atoms with Gasteiger partial charge in [0.1, 0.15) is 0 Å². The van der Waals surface area contributed by atoms with E-state index in [-0.39, 0.29) is 0 Å². The number of nitrogens with one attached hydrogen (secondary N) is 1. The van der Waals surface area contributed by atoms with Crippen molar-refractivity contribution in [3.8, 4) is 0 Å². The molecule has 2 heteroatoms. The minimum absolute atomic E-state index is 0.545. The third kappa shape index (κ3) is 0.658. The molecule has 0 saturated carbocycles. The zero-order chi connectivity index (χ0) is 6.97. The molecule has 0 fully saturated rings. The van der Waals surface area contributed by atoms with E-state index >= 15 is 0 Å². The first-order valence-corrected chi connectivity index (χ1v) is 3.14. The van der Waals surface area contributed by atoms with Crippen LogP contribution >= 0.6 is 0 Å². The molecule has 2 rings (SSSR count). The van der Waals surface area contributed by atoms with Crippen LogP contribution in [-0.2, 0) is 0 Å². The van der Waals surface area contributed by atoms with Gasteiger partial charge in [-0.3, -0.25) is 5.73 Å². The summed E-state index contributed by atoms with van der Waals surface area (Å²) >= 11 is 0. The van der Waals surface area contributed by atoms with Crippen LogP contribution in [0.1, 0.15) is 0 Å². The maximum absolute atomic E-state index is 7.30. The summed E-state index contributed by atoms with van der Waals surface area (Å²) in [6.07, 6.45) is 3.72. The van der Waals surface area contributed by atoms with Gasteiger partial charge in [-0.25, -0.2) is 0 Å². The first-order chi connectivity index (χ1) is 4.86. The first kappa shape index (κ1) is 5.35. The maximum Gasteiger partial charge on any atom is 0.0706 e. The lowest BCUT2D eigenvalue weighted by Crippen LogP contribution is -1.79. The molecule has 0 aliphatic rings. The Balaban J connectivity index is 2.86. The summed E-state index contributed by atoms with van der Waals surface area (Å²) in [4.78, 5) is 0. The quantitative estimate of drug-likeness (QED) is 0.522. The van der Waals surface area contributed by atoms with E-state index in [1.165, 1.54) is 0 Å². The van der Waals surface area contributed by atoms with Crippen LogP contribution in [-0.4, -0.2) is 4.40 Å². The van der Waals surface area contributed by atoms with Crippen LogP contribution in [0.4, 0.5) is 5.69 Å². The third-order valence-electron chi connectivity index (χ3n) is 1.52. The fourth-order valence-electron chi connectivity index (χ4n) is 1.03.